The Hall–Kier alpha value is -2.39. The summed E-state index contributed by atoms with van der Waals surface area (Å²) in [7, 11) is -3.61. The van der Waals surface area contributed by atoms with E-state index in [1.807, 2.05) is 19.1 Å². The maximum absolute atomic E-state index is 12.8. The Balaban J connectivity index is 1.30. The molecule has 4 rings (SSSR count). The van der Waals surface area contributed by atoms with E-state index in [1.54, 1.807) is 10.8 Å². The Bertz CT molecular complexity index is 1020. The predicted molar refractivity (Wildman–Crippen MR) is 125 cm³/mol. The van der Waals surface area contributed by atoms with Crippen molar-refractivity contribution in [1.29, 1.82) is 0 Å². The van der Waals surface area contributed by atoms with Gasteiger partial charge in [-0.1, -0.05) is 6.92 Å². The van der Waals surface area contributed by atoms with Crippen LogP contribution < -0.4 is 10.2 Å². The Kier molecular flexibility index (Phi) is 6.85. The number of hydrogen-bond acceptors (Lipinski definition) is 5. The lowest BCUT2D eigenvalue weighted by atomic mass is 9.97. The van der Waals surface area contributed by atoms with Gasteiger partial charge in [0, 0.05) is 56.2 Å². The van der Waals surface area contributed by atoms with Crippen LogP contribution in [0.25, 0.3) is 0 Å². The molecule has 174 valence electrons. The van der Waals surface area contributed by atoms with Gasteiger partial charge in [-0.05, 0) is 62.8 Å². The van der Waals surface area contributed by atoms with Crippen LogP contribution in [0.5, 0.6) is 0 Å². The third-order valence-electron chi connectivity index (χ3n) is 6.69. The molecular weight excluding hydrogens is 426 g/mol. The van der Waals surface area contributed by atoms with E-state index in [4.69, 9.17) is 0 Å². The molecule has 2 fully saturated rings. The van der Waals surface area contributed by atoms with Gasteiger partial charge in [-0.2, -0.15) is 4.31 Å². The molecule has 2 aromatic rings. The Morgan fingerprint density at radius 3 is 2.31 bits per heavy atom. The highest BCUT2D eigenvalue weighted by Crippen LogP contribution is 2.26. The van der Waals surface area contributed by atoms with Gasteiger partial charge in [-0.25, -0.2) is 13.4 Å². The number of sulfonamides is 1. The quantitative estimate of drug-likeness (QED) is 0.717. The van der Waals surface area contributed by atoms with Crippen LogP contribution in [0.2, 0.25) is 0 Å². The summed E-state index contributed by atoms with van der Waals surface area (Å²) in [5.74, 6) is 0.551. The van der Waals surface area contributed by atoms with Crippen molar-refractivity contribution >= 4 is 27.3 Å². The van der Waals surface area contributed by atoms with Gasteiger partial charge in [0.15, 0.2) is 5.03 Å². The third kappa shape index (κ3) is 4.99. The number of aryl methyl sites for hydroxylation is 1. The molecule has 8 nitrogen and oxygen atoms in total. The summed E-state index contributed by atoms with van der Waals surface area (Å²) < 4.78 is 28.8. The van der Waals surface area contributed by atoms with Crippen molar-refractivity contribution in [2.24, 2.45) is 11.8 Å². The topological polar surface area (TPSA) is 87.5 Å². The van der Waals surface area contributed by atoms with Crippen LogP contribution >= 0.6 is 0 Å². The highest BCUT2D eigenvalue weighted by Gasteiger charge is 2.33. The van der Waals surface area contributed by atoms with Crippen molar-refractivity contribution < 1.29 is 13.2 Å². The van der Waals surface area contributed by atoms with Crippen LogP contribution in [-0.2, 0) is 21.4 Å². The molecule has 0 aliphatic carbocycles. The van der Waals surface area contributed by atoms with Crippen LogP contribution in [0.1, 0.15) is 39.5 Å². The van der Waals surface area contributed by atoms with Gasteiger partial charge in [-0.15, -0.1) is 0 Å². The fourth-order valence-electron chi connectivity index (χ4n) is 4.40. The zero-order chi connectivity index (χ0) is 22.7. The predicted octanol–water partition coefficient (Wildman–Crippen LogP) is 3.18. The second-order valence-corrected chi connectivity index (χ2v) is 10.8. The van der Waals surface area contributed by atoms with Crippen LogP contribution in [-0.4, -0.2) is 54.4 Å². The lowest BCUT2D eigenvalue weighted by molar-refractivity contribution is -0.120. The number of imidazole rings is 1. The van der Waals surface area contributed by atoms with E-state index < -0.39 is 10.0 Å². The van der Waals surface area contributed by atoms with Gasteiger partial charge in [0.05, 0.1) is 6.33 Å². The van der Waals surface area contributed by atoms with Crippen molar-refractivity contribution in [3.05, 3.63) is 36.8 Å². The van der Waals surface area contributed by atoms with Crippen LogP contribution in [0.4, 0.5) is 11.4 Å². The molecule has 0 radical (unpaired) electrons. The summed E-state index contributed by atoms with van der Waals surface area (Å²) in [5, 5.41) is 3.08. The van der Waals surface area contributed by atoms with Crippen molar-refractivity contribution in [2.45, 2.75) is 51.1 Å². The van der Waals surface area contributed by atoms with Crippen LogP contribution in [0.15, 0.2) is 41.8 Å². The van der Waals surface area contributed by atoms with Gasteiger partial charge in [0.2, 0.25) is 5.91 Å². The van der Waals surface area contributed by atoms with E-state index in [1.165, 1.54) is 29.2 Å². The van der Waals surface area contributed by atoms with Crippen molar-refractivity contribution in [2.75, 3.05) is 36.4 Å². The zero-order valence-electron chi connectivity index (χ0n) is 18.9. The van der Waals surface area contributed by atoms with Crippen LogP contribution in [0.3, 0.4) is 0 Å². The Labute approximate surface area is 190 Å². The SMILES string of the molecule is CCn1cnc(S(=O)(=O)N2CCC(C(=O)Nc3ccc(N4CCC(C)CC4)cc3)CC2)c1. The molecule has 0 saturated carbocycles. The molecule has 0 atom stereocenters. The van der Waals surface area contributed by atoms with Gasteiger partial charge >= 0.3 is 0 Å². The highest BCUT2D eigenvalue weighted by atomic mass is 32.2. The molecule has 2 aliphatic rings. The normalized spacial score (nSPS) is 19.2. The number of rotatable bonds is 6. The van der Waals surface area contributed by atoms with Crippen molar-refractivity contribution in [3.63, 3.8) is 0 Å². The minimum Gasteiger partial charge on any atom is -0.372 e. The number of carbonyl (C=O) groups is 1. The van der Waals surface area contributed by atoms with E-state index in [-0.39, 0.29) is 16.9 Å². The maximum atomic E-state index is 12.8. The highest BCUT2D eigenvalue weighted by molar-refractivity contribution is 7.89. The monoisotopic (exact) mass is 459 g/mol. The number of benzene rings is 1. The summed E-state index contributed by atoms with van der Waals surface area (Å²) in [6.45, 7) is 7.71. The van der Waals surface area contributed by atoms with E-state index >= 15 is 0 Å². The van der Waals surface area contributed by atoms with Crippen molar-refractivity contribution in [3.8, 4) is 0 Å². The zero-order valence-corrected chi connectivity index (χ0v) is 19.7. The van der Waals surface area contributed by atoms with E-state index in [0.29, 0.717) is 32.5 Å². The largest absolute Gasteiger partial charge is 0.372 e. The van der Waals surface area contributed by atoms with Gasteiger partial charge < -0.3 is 14.8 Å². The maximum Gasteiger partial charge on any atom is 0.262 e. The number of amides is 1. The summed E-state index contributed by atoms with van der Waals surface area (Å²) in [6, 6.07) is 8.04. The molecule has 1 aromatic carbocycles. The molecule has 3 heterocycles. The molecule has 0 bridgehead atoms. The second-order valence-electron chi connectivity index (χ2n) is 8.93. The third-order valence-corrected chi connectivity index (χ3v) is 8.47. The summed E-state index contributed by atoms with van der Waals surface area (Å²) in [5.41, 5.74) is 1.98. The molecule has 9 heteroatoms. The standard InChI is InChI=1S/C23H33N5O3S/c1-3-26-16-22(24-17-26)32(30,31)28-14-10-19(11-15-28)23(29)25-20-4-6-21(7-5-20)27-12-8-18(2)9-13-27/h4-7,16-19H,3,8-15H2,1-2H3,(H,25,29). The first-order valence-corrected chi connectivity index (χ1v) is 13.0. The number of aromatic nitrogens is 2. The molecule has 32 heavy (non-hydrogen) atoms. The number of anilines is 2. The molecule has 1 aromatic heterocycles. The number of hydrogen-bond donors (Lipinski definition) is 1. The van der Waals surface area contributed by atoms with Crippen molar-refractivity contribution in [1.82, 2.24) is 13.9 Å². The van der Waals surface area contributed by atoms with Crippen LogP contribution in [0, 0.1) is 11.8 Å². The summed E-state index contributed by atoms with van der Waals surface area (Å²) >= 11 is 0. The average molecular weight is 460 g/mol. The lowest BCUT2D eigenvalue weighted by Gasteiger charge is -2.32. The minimum atomic E-state index is -3.61. The molecular formula is C23H33N5O3S. The molecule has 1 N–H and O–H groups in total. The van der Waals surface area contributed by atoms with Gasteiger partial charge in [-0.3, -0.25) is 4.79 Å². The molecule has 2 saturated heterocycles. The average Bonchev–Trinajstić information content (AvgIpc) is 3.31. The Morgan fingerprint density at radius 2 is 1.72 bits per heavy atom. The first-order valence-electron chi connectivity index (χ1n) is 11.5. The second kappa shape index (κ2) is 9.62. The first kappa shape index (κ1) is 22.8. The summed E-state index contributed by atoms with van der Waals surface area (Å²) in [6.07, 6.45) is 6.53. The Morgan fingerprint density at radius 1 is 1.06 bits per heavy atom. The number of nitrogens with zero attached hydrogens (tertiary/aromatic N) is 4. The number of nitrogens with one attached hydrogen (secondary N) is 1. The fourth-order valence-corrected chi connectivity index (χ4v) is 5.81. The smallest absolute Gasteiger partial charge is 0.262 e. The van der Waals surface area contributed by atoms with Gasteiger partial charge in [0.1, 0.15) is 0 Å². The first-order chi connectivity index (χ1) is 15.4. The fraction of sp³-hybridized carbons (Fsp3) is 0.565. The van der Waals surface area contributed by atoms with Gasteiger partial charge in [0.25, 0.3) is 10.0 Å². The van der Waals surface area contributed by atoms with E-state index in [0.717, 1.165) is 24.7 Å². The number of piperidine rings is 2. The molecule has 1 amide bonds. The van der Waals surface area contributed by atoms with E-state index in [2.05, 4.69) is 34.3 Å². The van der Waals surface area contributed by atoms with E-state index in [9.17, 15) is 13.2 Å². The molecule has 0 spiro atoms. The minimum absolute atomic E-state index is 0.0446. The molecule has 2 aliphatic heterocycles. The number of carbonyl (C=O) groups excluding carboxylic acids is 1. The summed E-state index contributed by atoms with van der Waals surface area (Å²) in [4.78, 5) is 19.2. The lowest BCUT2D eigenvalue weighted by Crippen LogP contribution is -2.41. The molecule has 0 unspecified atom stereocenters.